The second kappa shape index (κ2) is 3.74. The summed E-state index contributed by atoms with van der Waals surface area (Å²) in [4.78, 5) is 12.7. The minimum Gasteiger partial charge on any atom is -0.356 e. The Kier molecular flexibility index (Phi) is 2.43. The Morgan fingerprint density at radius 3 is 2.60 bits per heavy atom. The summed E-state index contributed by atoms with van der Waals surface area (Å²) >= 11 is 0. The first-order valence-corrected chi connectivity index (χ1v) is 4.69. The monoisotopic (exact) mass is 204 g/mol. The zero-order valence-electron chi connectivity index (χ0n) is 8.34. The maximum absolute atomic E-state index is 11.1. The molecule has 0 aliphatic carbocycles. The first-order chi connectivity index (χ1) is 7.18. The number of aliphatic hydroxyl groups excluding tert-OH is 1. The first kappa shape index (κ1) is 9.73. The number of carbonyl (C=O) groups is 1. The molecule has 1 aliphatic heterocycles. The molecule has 1 atom stereocenters. The molecule has 2 N–H and O–H groups in total. The van der Waals surface area contributed by atoms with Gasteiger partial charge in [-0.2, -0.15) is 0 Å². The lowest BCUT2D eigenvalue weighted by Crippen LogP contribution is -2.50. The van der Waals surface area contributed by atoms with Crippen LogP contribution in [0, 0.1) is 0 Å². The molecule has 1 aromatic carbocycles. The summed E-state index contributed by atoms with van der Waals surface area (Å²) in [6, 6.07) is 9.41. The second-order valence-electron chi connectivity index (χ2n) is 3.37. The van der Waals surface area contributed by atoms with Crippen LogP contribution in [0.4, 0.5) is 5.69 Å². The molecular weight excluding hydrogens is 192 g/mol. The summed E-state index contributed by atoms with van der Waals surface area (Å²) in [5.41, 5.74) is 1.57. The van der Waals surface area contributed by atoms with E-state index in [1.54, 1.807) is 11.8 Å². The van der Waals surface area contributed by atoms with E-state index in [1.807, 2.05) is 30.3 Å². The van der Waals surface area contributed by atoms with E-state index >= 15 is 0 Å². The molecule has 0 saturated carbocycles. The van der Waals surface area contributed by atoms with E-state index in [0.717, 1.165) is 11.4 Å². The van der Waals surface area contributed by atoms with E-state index < -0.39 is 6.35 Å². The molecule has 0 aromatic heterocycles. The van der Waals surface area contributed by atoms with Gasteiger partial charge in [-0.25, -0.2) is 0 Å². The van der Waals surface area contributed by atoms with Crippen LogP contribution in [0.25, 0.3) is 0 Å². The number of hydrogen-bond donors (Lipinski definition) is 2. The van der Waals surface area contributed by atoms with Crippen LogP contribution in [0.15, 0.2) is 42.1 Å². The maximum Gasteiger partial charge on any atom is 0.249 e. The average molecular weight is 204 g/mol. The molecule has 4 nitrogen and oxygen atoms in total. The molecule has 1 unspecified atom stereocenters. The van der Waals surface area contributed by atoms with Crippen molar-refractivity contribution in [3.05, 3.63) is 42.1 Å². The highest BCUT2D eigenvalue weighted by Gasteiger charge is 2.23. The highest BCUT2D eigenvalue weighted by atomic mass is 16.3. The smallest absolute Gasteiger partial charge is 0.249 e. The fourth-order valence-corrected chi connectivity index (χ4v) is 1.62. The molecular formula is C11H12N2O2. The third-order valence-electron chi connectivity index (χ3n) is 2.27. The quantitative estimate of drug-likeness (QED) is 0.711. The standard InChI is InChI=1S/C11H12N2O2/c1-8-7-10(14)12-11(15)13(8)9-5-3-2-4-6-9/h2-7,11,15H,1H3,(H,12,14). The lowest BCUT2D eigenvalue weighted by molar-refractivity contribution is -0.119. The van der Waals surface area contributed by atoms with E-state index in [2.05, 4.69) is 5.32 Å². The van der Waals surface area contributed by atoms with E-state index in [0.29, 0.717) is 0 Å². The van der Waals surface area contributed by atoms with Gasteiger partial charge in [0.15, 0.2) is 0 Å². The van der Waals surface area contributed by atoms with E-state index in [-0.39, 0.29) is 5.91 Å². The number of hydrogen-bond acceptors (Lipinski definition) is 3. The molecule has 1 amide bonds. The molecule has 78 valence electrons. The molecule has 15 heavy (non-hydrogen) atoms. The molecule has 1 aliphatic rings. The normalized spacial score (nSPS) is 20.9. The van der Waals surface area contributed by atoms with Gasteiger partial charge in [0.1, 0.15) is 0 Å². The number of nitrogens with zero attached hydrogens (tertiary/aromatic N) is 1. The largest absolute Gasteiger partial charge is 0.356 e. The zero-order chi connectivity index (χ0) is 10.8. The van der Waals surface area contributed by atoms with Crippen molar-refractivity contribution in [3.63, 3.8) is 0 Å². The van der Waals surface area contributed by atoms with E-state index in [4.69, 9.17) is 0 Å². The van der Waals surface area contributed by atoms with E-state index in [9.17, 15) is 9.90 Å². The van der Waals surface area contributed by atoms with Crippen LogP contribution in [-0.4, -0.2) is 17.4 Å². The SMILES string of the molecule is CC1=CC(=O)NC(O)N1c1ccccc1. The number of benzene rings is 1. The number of anilines is 1. The van der Waals surface area contributed by atoms with Crippen LogP contribution < -0.4 is 10.2 Å². The van der Waals surface area contributed by atoms with Crippen molar-refractivity contribution in [2.24, 2.45) is 0 Å². The van der Waals surface area contributed by atoms with Gasteiger partial charge in [0.2, 0.25) is 12.3 Å². The number of nitrogens with one attached hydrogen (secondary N) is 1. The number of aliphatic hydroxyl groups is 1. The third kappa shape index (κ3) is 1.85. The predicted molar refractivity (Wildman–Crippen MR) is 56.8 cm³/mol. The molecule has 2 rings (SSSR count). The fraction of sp³-hybridized carbons (Fsp3) is 0.182. The lowest BCUT2D eigenvalue weighted by atomic mass is 10.2. The zero-order valence-corrected chi connectivity index (χ0v) is 8.34. The number of amides is 1. The minimum atomic E-state index is -0.995. The molecule has 0 saturated heterocycles. The highest BCUT2D eigenvalue weighted by Crippen LogP contribution is 2.21. The lowest BCUT2D eigenvalue weighted by Gasteiger charge is -2.33. The minimum absolute atomic E-state index is 0.271. The van der Waals surface area contributed by atoms with Crippen LogP contribution in [0.5, 0.6) is 0 Å². The summed E-state index contributed by atoms with van der Waals surface area (Å²) < 4.78 is 0. The maximum atomic E-state index is 11.1. The Morgan fingerprint density at radius 2 is 2.00 bits per heavy atom. The molecule has 0 bridgehead atoms. The summed E-state index contributed by atoms with van der Waals surface area (Å²) in [5, 5.41) is 12.1. The molecule has 1 heterocycles. The molecule has 1 aromatic rings. The van der Waals surface area contributed by atoms with Gasteiger partial charge < -0.3 is 15.3 Å². The first-order valence-electron chi connectivity index (χ1n) is 4.69. The van der Waals surface area contributed by atoms with Crippen molar-refractivity contribution < 1.29 is 9.90 Å². The van der Waals surface area contributed by atoms with Crippen molar-refractivity contribution in [2.45, 2.75) is 13.3 Å². The van der Waals surface area contributed by atoms with Crippen molar-refractivity contribution in [1.29, 1.82) is 0 Å². The van der Waals surface area contributed by atoms with Gasteiger partial charge in [-0.15, -0.1) is 0 Å². The molecule has 0 spiro atoms. The van der Waals surface area contributed by atoms with Crippen LogP contribution in [0.1, 0.15) is 6.92 Å². The second-order valence-corrected chi connectivity index (χ2v) is 3.37. The van der Waals surface area contributed by atoms with Crippen molar-refractivity contribution in [2.75, 3.05) is 4.90 Å². The topological polar surface area (TPSA) is 52.6 Å². The van der Waals surface area contributed by atoms with Crippen LogP contribution in [0.3, 0.4) is 0 Å². The number of allylic oxidation sites excluding steroid dienone is 1. The van der Waals surface area contributed by atoms with Gasteiger partial charge in [-0.1, -0.05) is 18.2 Å². The van der Waals surface area contributed by atoms with Gasteiger partial charge in [0.05, 0.1) is 0 Å². The Balaban J connectivity index is 2.37. The van der Waals surface area contributed by atoms with Gasteiger partial charge in [-0.3, -0.25) is 4.79 Å². The number of para-hydroxylation sites is 1. The van der Waals surface area contributed by atoms with Gasteiger partial charge in [0.25, 0.3) is 0 Å². The van der Waals surface area contributed by atoms with Crippen LogP contribution >= 0.6 is 0 Å². The van der Waals surface area contributed by atoms with Gasteiger partial charge >= 0.3 is 0 Å². The van der Waals surface area contributed by atoms with Gasteiger partial charge in [0, 0.05) is 17.5 Å². The van der Waals surface area contributed by atoms with Crippen molar-refractivity contribution >= 4 is 11.6 Å². The fourth-order valence-electron chi connectivity index (χ4n) is 1.62. The van der Waals surface area contributed by atoms with Crippen molar-refractivity contribution in [1.82, 2.24) is 5.32 Å². The Hall–Kier alpha value is -1.81. The Labute approximate surface area is 87.8 Å². The summed E-state index contributed by atoms with van der Waals surface area (Å²) in [6.45, 7) is 1.79. The predicted octanol–water partition coefficient (Wildman–Crippen LogP) is 0.802. The Morgan fingerprint density at radius 1 is 1.33 bits per heavy atom. The summed E-state index contributed by atoms with van der Waals surface area (Å²) in [7, 11) is 0. The Bertz CT molecular complexity index is 400. The summed E-state index contributed by atoms with van der Waals surface area (Å²) in [5.74, 6) is -0.271. The third-order valence-corrected chi connectivity index (χ3v) is 2.27. The van der Waals surface area contributed by atoms with Gasteiger partial charge in [-0.05, 0) is 19.1 Å². The highest BCUT2D eigenvalue weighted by molar-refractivity contribution is 5.90. The van der Waals surface area contributed by atoms with Crippen LogP contribution in [0.2, 0.25) is 0 Å². The summed E-state index contributed by atoms with van der Waals surface area (Å²) in [6.07, 6.45) is 0.463. The number of carbonyl (C=O) groups excluding carboxylic acids is 1. The number of rotatable bonds is 1. The molecule has 0 fully saturated rings. The molecule has 0 radical (unpaired) electrons. The van der Waals surface area contributed by atoms with Crippen molar-refractivity contribution in [3.8, 4) is 0 Å². The van der Waals surface area contributed by atoms with E-state index in [1.165, 1.54) is 6.08 Å². The van der Waals surface area contributed by atoms with Crippen LogP contribution in [-0.2, 0) is 4.79 Å². The molecule has 4 heteroatoms. The average Bonchev–Trinajstić information content (AvgIpc) is 2.17.